The number of rotatable bonds is 6. The quantitative estimate of drug-likeness (QED) is 0.384. The summed E-state index contributed by atoms with van der Waals surface area (Å²) in [5.74, 6) is -0.0384. The van der Waals surface area contributed by atoms with E-state index in [2.05, 4.69) is 10.1 Å². The van der Waals surface area contributed by atoms with Crippen LogP contribution in [0.15, 0.2) is 42.5 Å². The van der Waals surface area contributed by atoms with Crippen LogP contribution in [0, 0.1) is 10.1 Å². The normalized spacial score (nSPS) is 14.4. The molecule has 13 heteroatoms. The fraction of sp³-hybridized carbons (Fsp3) is 0.350. The van der Waals surface area contributed by atoms with Crippen LogP contribution >= 0.6 is 0 Å². The van der Waals surface area contributed by atoms with Gasteiger partial charge in [-0.25, -0.2) is 4.79 Å². The number of carbonyl (C=O) groups excluding carboxylic acids is 1. The Balaban J connectivity index is 1.59. The first-order chi connectivity index (χ1) is 15.5. The summed E-state index contributed by atoms with van der Waals surface area (Å²) in [6.45, 7) is -2.19. The fourth-order valence-electron chi connectivity index (χ4n) is 3.38. The highest BCUT2D eigenvalue weighted by atomic mass is 19.4. The molecule has 1 N–H and O–H groups in total. The molecule has 1 aliphatic rings. The Morgan fingerprint density at radius 3 is 2.42 bits per heavy atom. The van der Waals surface area contributed by atoms with E-state index in [9.17, 15) is 36.9 Å². The van der Waals surface area contributed by atoms with Crippen molar-refractivity contribution >= 4 is 17.4 Å². The van der Waals surface area contributed by atoms with Crippen LogP contribution in [0.3, 0.4) is 0 Å². The lowest BCUT2D eigenvalue weighted by Gasteiger charge is -2.35. The Morgan fingerprint density at radius 2 is 1.82 bits per heavy atom. The zero-order valence-corrected chi connectivity index (χ0v) is 17.0. The number of halogens is 5. The van der Waals surface area contributed by atoms with Crippen molar-refractivity contribution < 1.29 is 36.4 Å². The topological polar surface area (TPSA) is 88.0 Å². The van der Waals surface area contributed by atoms with Crippen LogP contribution in [0.4, 0.5) is 38.1 Å². The van der Waals surface area contributed by atoms with Gasteiger partial charge in [0, 0.05) is 38.8 Å². The van der Waals surface area contributed by atoms with Crippen LogP contribution in [-0.4, -0.2) is 48.6 Å². The summed E-state index contributed by atoms with van der Waals surface area (Å²) in [6, 6.07) is 7.77. The Hall–Kier alpha value is -3.64. The summed E-state index contributed by atoms with van der Waals surface area (Å²) in [4.78, 5) is 25.9. The Bertz CT molecular complexity index is 1010. The molecule has 2 aromatic rings. The molecule has 0 radical (unpaired) electrons. The number of nitro groups is 1. The summed E-state index contributed by atoms with van der Waals surface area (Å²) < 4.78 is 67.6. The lowest BCUT2D eigenvalue weighted by molar-refractivity contribution is -0.384. The van der Waals surface area contributed by atoms with E-state index in [-0.39, 0.29) is 44.2 Å². The summed E-state index contributed by atoms with van der Waals surface area (Å²) in [5.41, 5.74) is -1.18. The van der Waals surface area contributed by atoms with Crippen LogP contribution in [-0.2, 0) is 12.7 Å². The third-order valence-corrected chi connectivity index (χ3v) is 4.97. The molecule has 2 aromatic carbocycles. The smallest absolute Gasteiger partial charge is 0.416 e. The van der Waals surface area contributed by atoms with Crippen molar-refractivity contribution in [1.82, 2.24) is 10.2 Å². The average Bonchev–Trinajstić information content (AvgIpc) is 2.76. The molecule has 1 aliphatic heterocycles. The van der Waals surface area contributed by atoms with Gasteiger partial charge in [-0.15, -0.1) is 0 Å². The SMILES string of the molecule is O=C(NCc1cccc(OC(F)F)c1)N1CCN(c2ccc(C(F)(F)F)cc2[N+](=O)[O-])CC1. The largest absolute Gasteiger partial charge is 0.435 e. The van der Waals surface area contributed by atoms with Gasteiger partial charge in [0.15, 0.2) is 0 Å². The number of alkyl halides is 5. The maximum Gasteiger partial charge on any atom is 0.416 e. The first-order valence-corrected chi connectivity index (χ1v) is 9.71. The Kier molecular flexibility index (Phi) is 7.19. The molecule has 1 fully saturated rings. The van der Waals surface area contributed by atoms with Crippen molar-refractivity contribution in [3.05, 3.63) is 63.7 Å². The molecule has 0 atom stereocenters. The highest BCUT2D eigenvalue weighted by Crippen LogP contribution is 2.36. The molecular weight excluding hydrogens is 455 g/mol. The second kappa shape index (κ2) is 9.88. The molecule has 1 saturated heterocycles. The molecule has 0 saturated carbocycles. The molecule has 0 unspecified atom stereocenters. The van der Waals surface area contributed by atoms with Crippen molar-refractivity contribution in [2.24, 2.45) is 0 Å². The van der Waals surface area contributed by atoms with Crippen molar-refractivity contribution in [2.75, 3.05) is 31.1 Å². The fourth-order valence-corrected chi connectivity index (χ4v) is 3.38. The summed E-state index contributed by atoms with van der Waals surface area (Å²) in [7, 11) is 0. The highest BCUT2D eigenvalue weighted by Gasteiger charge is 2.34. The average molecular weight is 474 g/mol. The van der Waals surface area contributed by atoms with Crippen molar-refractivity contribution in [3.8, 4) is 5.75 Å². The molecule has 33 heavy (non-hydrogen) atoms. The van der Waals surface area contributed by atoms with Gasteiger partial charge in [-0.2, -0.15) is 22.0 Å². The van der Waals surface area contributed by atoms with E-state index in [4.69, 9.17) is 0 Å². The summed E-state index contributed by atoms with van der Waals surface area (Å²) in [6.07, 6.45) is -4.70. The lowest BCUT2D eigenvalue weighted by atomic mass is 10.1. The van der Waals surface area contributed by atoms with Crippen LogP contribution in [0.25, 0.3) is 0 Å². The van der Waals surface area contributed by atoms with E-state index in [0.717, 1.165) is 12.1 Å². The van der Waals surface area contributed by atoms with Crippen LogP contribution in [0.2, 0.25) is 0 Å². The lowest BCUT2D eigenvalue weighted by Crippen LogP contribution is -2.51. The van der Waals surface area contributed by atoms with Gasteiger partial charge < -0.3 is 19.9 Å². The second-order valence-electron chi connectivity index (χ2n) is 7.12. The minimum absolute atomic E-state index is 0.0384. The Labute approximate surface area is 184 Å². The number of nitrogens with one attached hydrogen (secondary N) is 1. The minimum atomic E-state index is -4.70. The molecule has 8 nitrogen and oxygen atoms in total. The number of benzene rings is 2. The molecule has 0 spiro atoms. The van der Waals surface area contributed by atoms with Crippen molar-refractivity contribution in [3.63, 3.8) is 0 Å². The zero-order chi connectivity index (χ0) is 24.2. The van der Waals surface area contributed by atoms with Gasteiger partial charge in [-0.05, 0) is 29.8 Å². The number of hydrogen-bond donors (Lipinski definition) is 1. The molecule has 178 valence electrons. The molecular formula is C20H19F5N4O4. The second-order valence-corrected chi connectivity index (χ2v) is 7.12. The number of anilines is 1. The van der Waals surface area contributed by atoms with E-state index >= 15 is 0 Å². The van der Waals surface area contributed by atoms with E-state index < -0.39 is 35.0 Å². The number of nitro benzene ring substituents is 1. The van der Waals surface area contributed by atoms with E-state index in [1.165, 1.54) is 23.1 Å². The first-order valence-electron chi connectivity index (χ1n) is 9.71. The molecule has 0 aliphatic carbocycles. The van der Waals surface area contributed by atoms with Crippen LogP contribution in [0.5, 0.6) is 5.75 Å². The third-order valence-electron chi connectivity index (χ3n) is 4.97. The number of nitrogens with zero attached hydrogens (tertiary/aromatic N) is 3. The number of piperazine rings is 1. The standard InChI is InChI=1S/C20H19F5N4O4/c21-18(22)33-15-3-1-2-13(10-15)12-26-19(30)28-8-6-27(7-9-28)16-5-4-14(20(23,24)25)11-17(16)29(31)32/h1-5,10-11,18H,6-9,12H2,(H,26,30). The van der Waals surface area contributed by atoms with Gasteiger partial charge in [0.2, 0.25) is 0 Å². The monoisotopic (exact) mass is 474 g/mol. The van der Waals surface area contributed by atoms with Gasteiger partial charge in [0.25, 0.3) is 5.69 Å². The first kappa shape index (κ1) is 24.0. The summed E-state index contributed by atoms with van der Waals surface area (Å²) >= 11 is 0. The van der Waals surface area contributed by atoms with Crippen molar-refractivity contribution in [1.29, 1.82) is 0 Å². The number of carbonyl (C=O) groups is 1. The van der Waals surface area contributed by atoms with Gasteiger partial charge in [0.05, 0.1) is 10.5 Å². The molecule has 0 bridgehead atoms. The van der Waals surface area contributed by atoms with Gasteiger partial charge in [0.1, 0.15) is 11.4 Å². The van der Waals surface area contributed by atoms with Crippen molar-refractivity contribution in [2.45, 2.75) is 19.3 Å². The molecule has 0 aromatic heterocycles. The van der Waals surface area contributed by atoms with Gasteiger partial charge in [-0.3, -0.25) is 10.1 Å². The maximum absolute atomic E-state index is 12.9. The van der Waals surface area contributed by atoms with E-state index in [1.54, 1.807) is 11.0 Å². The molecule has 2 amide bonds. The van der Waals surface area contributed by atoms with Crippen LogP contribution in [0.1, 0.15) is 11.1 Å². The van der Waals surface area contributed by atoms with Gasteiger partial charge in [-0.1, -0.05) is 12.1 Å². The molecule has 3 rings (SSSR count). The van der Waals surface area contributed by atoms with Gasteiger partial charge >= 0.3 is 18.8 Å². The third kappa shape index (κ3) is 6.20. The zero-order valence-electron chi connectivity index (χ0n) is 17.0. The predicted molar refractivity (Wildman–Crippen MR) is 107 cm³/mol. The minimum Gasteiger partial charge on any atom is -0.435 e. The maximum atomic E-state index is 12.9. The summed E-state index contributed by atoms with van der Waals surface area (Å²) in [5, 5.41) is 14.0. The van der Waals surface area contributed by atoms with E-state index in [1.807, 2.05) is 0 Å². The van der Waals surface area contributed by atoms with Crippen LogP contribution < -0.4 is 15.0 Å². The molecule has 1 heterocycles. The predicted octanol–water partition coefficient (Wildman–Crippen LogP) is 4.25. The number of hydrogen-bond acceptors (Lipinski definition) is 5. The highest BCUT2D eigenvalue weighted by molar-refractivity contribution is 5.75. The number of urea groups is 1. The Morgan fingerprint density at radius 1 is 1.12 bits per heavy atom. The number of ether oxygens (including phenoxy) is 1. The van der Waals surface area contributed by atoms with E-state index in [0.29, 0.717) is 11.6 Å². The number of amides is 2.